The lowest BCUT2D eigenvalue weighted by molar-refractivity contribution is -0.109. The third kappa shape index (κ3) is 5.25. The lowest BCUT2D eigenvalue weighted by Crippen LogP contribution is -2.45. The van der Waals surface area contributed by atoms with Crippen LogP contribution in [0.4, 0.5) is 16.2 Å². The molecule has 0 aliphatic heterocycles. The number of benzene rings is 3. The molecular weight excluding hydrogens is 448 g/mol. The Morgan fingerprint density at radius 3 is 2.26 bits per heavy atom. The number of carbonyl (C=O) groups is 2. The van der Waals surface area contributed by atoms with E-state index in [9.17, 15) is 9.59 Å². The molecule has 4 rings (SSSR count). The third-order valence-electron chi connectivity index (χ3n) is 5.22. The van der Waals surface area contributed by atoms with Gasteiger partial charge < -0.3 is 19.5 Å². The van der Waals surface area contributed by atoms with Crippen LogP contribution in [0.5, 0.6) is 23.0 Å². The number of urea groups is 1. The number of fused-ring (bicyclic) bond motifs is 1. The number of rotatable bonds is 8. The van der Waals surface area contributed by atoms with Gasteiger partial charge in [-0.25, -0.2) is 9.80 Å². The molecule has 1 aromatic heterocycles. The maximum atomic E-state index is 12.8. The van der Waals surface area contributed by atoms with Crippen LogP contribution in [0.1, 0.15) is 5.56 Å². The first-order valence-corrected chi connectivity index (χ1v) is 10.7. The summed E-state index contributed by atoms with van der Waals surface area (Å²) in [4.78, 5) is 28.2. The van der Waals surface area contributed by atoms with E-state index in [0.717, 1.165) is 16.0 Å². The normalized spacial score (nSPS) is 10.4. The van der Waals surface area contributed by atoms with Gasteiger partial charge in [0.15, 0.2) is 11.5 Å². The molecule has 35 heavy (non-hydrogen) atoms. The Hall–Kier alpha value is -4.79. The first kappa shape index (κ1) is 23.4. The third-order valence-corrected chi connectivity index (χ3v) is 5.22. The fourth-order valence-electron chi connectivity index (χ4n) is 3.45. The van der Waals surface area contributed by atoms with Gasteiger partial charge in [-0.15, -0.1) is 0 Å². The van der Waals surface area contributed by atoms with Crippen LogP contribution < -0.4 is 30.0 Å². The summed E-state index contributed by atoms with van der Waals surface area (Å²) < 4.78 is 16.8. The summed E-state index contributed by atoms with van der Waals surface area (Å²) in [6.07, 6.45) is 2.10. The molecule has 1 heterocycles. The summed E-state index contributed by atoms with van der Waals surface area (Å²) in [5, 5.41) is 4.64. The molecule has 9 nitrogen and oxygen atoms in total. The van der Waals surface area contributed by atoms with Crippen LogP contribution in [0.2, 0.25) is 0 Å². The molecule has 0 aliphatic rings. The highest BCUT2D eigenvalue weighted by atomic mass is 16.5. The Bertz CT molecular complexity index is 1340. The molecule has 3 aromatic carbocycles. The monoisotopic (exact) mass is 472 g/mol. The number of carbonyl (C=O) groups excluding carboxylic acids is 2. The van der Waals surface area contributed by atoms with Crippen molar-refractivity contribution in [3.05, 3.63) is 78.5 Å². The summed E-state index contributed by atoms with van der Waals surface area (Å²) in [5.74, 6) is 2.30. The number of nitrogens with zero attached hydrogens (tertiary/aromatic N) is 2. The smallest absolute Gasteiger partial charge is 0.345 e. The van der Waals surface area contributed by atoms with Crippen LogP contribution in [0.25, 0.3) is 10.9 Å². The Balaban J connectivity index is 1.51. The molecule has 0 saturated heterocycles. The number of hydrogen-bond donors (Lipinski definition) is 2. The number of hydrazine groups is 1. The average molecular weight is 473 g/mol. The SMILES string of the molecule is COc1cc2nccc(Oc3ccc(NC(=O)N(NC=O)c4ccc(C)cc4)cc3)c2cc1OC. The van der Waals surface area contributed by atoms with Crippen molar-refractivity contribution in [2.45, 2.75) is 6.92 Å². The highest BCUT2D eigenvalue weighted by molar-refractivity contribution is 6.02. The molecule has 0 atom stereocenters. The van der Waals surface area contributed by atoms with Crippen molar-refractivity contribution >= 4 is 34.7 Å². The zero-order valence-electron chi connectivity index (χ0n) is 19.4. The van der Waals surface area contributed by atoms with Crippen molar-refractivity contribution in [1.29, 1.82) is 0 Å². The standard InChI is InChI=1S/C26H24N4O5/c1-17-4-8-19(9-5-17)30(28-16-31)26(32)29-18-6-10-20(11-7-18)35-23-12-13-27-22-15-25(34-3)24(33-2)14-21(22)23/h4-16H,1-3H3,(H,28,31)(H,29,32). The molecule has 4 aromatic rings. The molecule has 0 aliphatic carbocycles. The van der Waals surface area contributed by atoms with Gasteiger partial charge >= 0.3 is 6.03 Å². The highest BCUT2D eigenvalue weighted by Gasteiger charge is 2.16. The number of aromatic nitrogens is 1. The van der Waals surface area contributed by atoms with Crippen LogP contribution in [-0.4, -0.2) is 31.6 Å². The Kier molecular flexibility index (Phi) is 6.96. The van der Waals surface area contributed by atoms with Gasteiger partial charge in [-0.2, -0.15) is 0 Å². The van der Waals surface area contributed by atoms with E-state index in [2.05, 4.69) is 15.7 Å². The van der Waals surface area contributed by atoms with Gasteiger partial charge in [0.2, 0.25) is 6.41 Å². The fraction of sp³-hybridized carbons (Fsp3) is 0.115. The number of ether oxygens (including phenoxy) is 3. The molecule has 9 heteroatoms. The van der Waals surface area contributed by atoms with Crippen molar-refractivity contribution in [2.75, 3.05) is 24.5 Å². The number of methoxy groups -OCH3 is 2. The van der Waals surface area contributed by atoms with Crippen LogP contribution in [0.3, 0.4) is 0 Å². The maximum absolute atomic E-state index is 12.8. The molecule has 3 amide bonds. The lowest BCUT2D eigenvalue weighted by atomic mass is 10.2. The first-order valence-electron chi connectivity index (χ1n) is 10.7. The van der Waals surface area contributed by atoms with Gasteiger partial charge in [-0.05, 0) is 55.5 Å². The second kappa shape index (κ2) is 10.4. The Morgan fingerprint density at radius 1 is 0.914 bits per heavy atom. The van der Waals surface area contributed by atoms with Crippen molar-refractivity contribution in [2.24, 2.45) is 0 Å². The molecule has 2 N–H and O–H groups in total. The predicted molar refractivity (Wildman–Crippen MR) is 133 cm³/mol. The highest BCUT2D eigenvalue weighted by Crippen LogP contribution is 2.37. The number of hydrogen-bond acceptors (Lipinski definition) is 6. The maximum Gasteiger partial charge on any atom is 0.345 e. The van der Waals surface area contributed by atoms with E-state index in [1.807, 2.05) is 25.1 Å². The summed E-state index contributed by atoms with van der Waals surface area (Å²) in [6, 6.07) is 18.9. The van der Waals surface area contributed by atoms with E-state index in [-0.39, 0.29) is 0 Å². The van der Waals surface area contributed by atoms with E-state index < -0.39 is 6.03 Å². The van der Waals surface area contributed by atoms with Gasteiger partial charge in [0.1, 0.15) is 11.5 Å². The van der Waals surface area contributed by atoms with Crippen molar-refractivity contribution in [3.8, 4) is 23.0 Å². The lowest BCUT2D eigenvalue weighted by Gasteiger charge is -2.21. The van der Waals surface area contributed by atoms with Crippen LogP contribution in [0, 0.1) is 6.92 Å². The summed E-state index contributed by atoms with van der Waals surface area (Å²) >= 11 is 0. The van der Waals surface area contributed by atoms with E-state index in [1.54, 1.807) is 68.9 Å². The van der Waals surface area contributed by atoms with Gasteiger partial charge in [0.25, 0.3) is 0 Å². The van der Waals surface area contributed by atoms with Crippen molar-refractivity contribution in [1.82, 2.24) is 10.4 Å². The Labute approximate surface area is 202 Å². The summed E-state index contributed by atoms with van der Waals surface area (Å²) in [6.45, 7) is 1.94. The molecular formula is C26H24N4O5. The summed E-state index contributed by atoms with van der Waals surface area (Å²) in [5.41, 5.74) is 5.19. The van der Waals surface area contributed by atoms with Crippen LogP contribution >= 0.6 is 0 Å². The number of amides is 3. The van der Waals surface area contributed by atoms with E-state index in [0.29, 0.717) is 46.3 Å². The number of aryl methyl sites for hydroxylation is 1. The number of pyridine rings is 1. The largest absolute Gasteiger partial charge is 0.493 e. The van der Waals surface area contributed by atoms with E-state index in [4.69, 9.17) is 14.2 Å². The molecule has 0 spiro atoms. The van der Waals surface area contributed by atoms with Crippen LogP contribution in [-0.2, 0) is 4.79 Å². The molecule has 0 unspecified atom stereocenters. The minimum absolute atomic E-state index is 0.444. The predicted octanol–water partition coefficient (Wildman–Crippen LogP) is 5.05. The second-order valence-electron chi connectivity index (χ2n) is 7.51. The average Bonchev–Trinajstić information content (AvgIpc) is 2.88. The van der Waals surface area contributed by atoms with Gasteiger partial charge in [-0.1, -0.05) is 17.7 Å². The molecule has 0 fully saturated rings. The van der Waals surface area contributed by atoms with Crippen molar-refractivity contribution in [3.63, 3.8) is 0 Å². The molecule has 0 radical (unpaired) electrons. The fourth-order valence-corrected chi connectivity index (χ4v) is 3.45. The number of nitrogens with one attached hydrogen (secondary N) is 2. The minimum Gasteiger partial charge on any atom is -0.493 e. The van der Waals surface area contributed by atoms with Crippen molar-refractivity contribution < 1.29 is 23.8 Å². The van der Waals surface area contributed by atoms with Gasteiger partial charge in [-0.3, -0.25) is 15.2 Å². The zero-order chi connectivity index (χ0) is 24.8. The van der Waals surface area contributed by atoms with Crippen LogP contribution in [0.15, 0.2) is 72.9 Å². The zero-order valence-corrected chi connectivity index (χ0v) is 19.4. The first-order chi connectivity index (χ1) is 17.0. The van der Waals surface area contributed by atoms with E-state index >= 15 is 0 Å². The molecule has 0 bridgehead atoms. The Morgan fingerprint density at radius 2 is 1.60 bits per heavy atom. The van der Waals surface area contributed by atoms with Gasteiger partial charge in [0, 0.05) is 23.3 Å². The molecule has 178 valence electrons. The second-order valence-corrected chi connectivity index (χ2v) is 7.51. The minimum atomic E-state index is -0.518. The van der Waals surface area contributed by atoms with E-state index in [1.165, 1.54) is 0 Å². The molecule has 0 saturated carbocycles. The quantitative estimate of drug-likeness (QED) is 0.275. The summed E-state index contributed by atoms with van der Waals surface area (Å²) in [7, 11) is 3.14. The topological polar surface area (TPSA) is 102 Å². The van der Waals surface area contributed by atoms with Gasteiger partial charge in [0.05, 0.1) is 25.4 Å². The number of anilines is 2.